The van der Waals surface area contributed by atoms with Crippen LogP contribution in [-0.4, -0.2) is 16.0 Å². The average molecular weight is 182 g/mol. The molecule has 0 fully saturated rings. The zero-order valence-corrected chi connectivity index (χ0v) is 8.03. The molecule has 0 unspecified atom stereocenters. The van der Waals surface area contributed by atoms with Gasteiger partial charge in [0.1, 0.15) is 0 Å². The summed E-state index contributed by atoms with van der Waals surface area (Å²) in [4.78, 5) is 0. The summed E-state index contributed by atoms with van der Waals surface area (Å²) in [6.07, 6.45) is 5.96. The zero-order chi connectivity index (χ0) is 8.39. The maximum atomic E-state index is 4.32. The van der Waals surface area contributed by atoms with Gasteiger partial charge in [0.25, 0.3) is 0 Å². The Balaban J connectivity index is 2.11. The van der Waals surface area contributed by atoms with Gasteiger partial charge in [-0.3, -0.25) is 5.10 Å². The first-order chi connectivity index (χ1) is 5.92. The summed E-state index contributed by atoms with van der Waals surface area (Å²) in [6.45, 7) is 0. The minimum atomic E-state index is 0.960. The molecule has 0 amide bonds. The van der Waals surface area contributed by atoms with Crippen LogP contribution in [0.5, 0.6) is 0 Å². The van der Waals surface area contributed by atoms with E-state index in [1.165, 1.54) is 36.2 Å². The van der Waals surface area contributed by atoms with Crippen LogP contribution in [0.1, 0.15) is 29.8 Å². The topological polar surface area (TPSA) is 28.7 Å². The van der Waals surface area contributed by atoms with Crippen LogP contribution in [0.25, 0.3) is 0 Å². The number of aromatic nitrogens is 2. The van der Waals surface area contributed by atoms with E-state index in [0.29, 0.717) is 0 Å². The van der Waals surface area contributed by atoms with Crippen molar-refractivity contribution in [1.29, 1.82) is 0 Å². The fourth-order valence-electron chi connectivity index (χ4n) is 1.84. The Morgan fingerprint density at radius 1 is 1.42 bits per heavy atom. The van der Waals surface area contributed by atoms with Gasteiger partial charge in [-0.25, -0.2) is 0 Å². The number of hydrogen-bond donors (Lipinski definition) is 2. The molecule has 1 N–H and O–H groups in total. The summed E-state index contributed by atoms with van der Waals surface area (Å²) in [7, 11) is 0. The van der Waals surface area contributed by atoms with E-state index in [1.54, 1.807) is 0 Å². The van der Waals surface area contributed by atoms with Crippen molar-refractivity contribution in [3.63, 3.8) is 0 Å². The number of fused-ring (bicyclic) bond motifs is 1. The van der Waals surface area contributed by atoms with Crippen molar-refractivity contribution >= 4 is 12.6 Å². The summed E-state index contributed by atoms with van der Waals surface area (Å²) >= 11 is 4.20. The zero-order valence-electron chi connectivity index (χ0n) is 7.14. The van der Waals surface area contributed by atoms with Gasteiger partial charge in [0.15, 0.2) is 0 Å². The molecule has 0 aliphatic heterocycles. The lowest BCUT2D eigenvalue weighted by Gasteiger charge is -1.95. The van der Waals surface area contributed by atoms with E-state index in [2.05, 4.69) is 22.8 Å². The fourth-order valence-corrected chi connectivity index (χ4v) is 2.00. The quantitative estimate of drug-likeness (QED) is 0.685. The van der Waals surface area contributed by atoms with Gasteiger partial charge in [0.2, 0.25) is 0 Å². The minimum absolute atomic E-state index is 0.960. The van der Waals surface area contributed by atoms with Crippen LogP contribution >= 0.6 is 12.6 Å². The van der Waals surface area contributed by atoms with Gasteiger partial charge in [0, 0.05) is 5.69 Å². The van der Waals surface area contributed by atoms with E-state index in [1.807, 2.05) is 0 Å². The monoisotopic (exact) mass is 182 g/mol. The van der Waals surface area contributed by atoms with Crippen molar-refractivity contribution in [2.75, 3.05) is 5.75 Å². The molecule has 1 aliphatic rings. The number of nitrogens with zero attached hydrogens (tertiary/aromatic N) is 1. The standard InChI is InChI=1S/C9H14N2S/c12-6-2-5-9-7-3-1-4-8(7)10-11-9/h12H,1-6H2,(H,10,11). The molecular weight excluding hydrogens is 168 g/mol. The smallest absolute Gasteiger partial charge is 0.0657 e. The Morgan fingerprint density at radius 2 is 2.33 bits per heavy atom. The lowest BCUT2D eigenvalue weighted by Crippen LogP contribution is -1.91. The third-order valence-corrected chi connectivity index (χ3v) is 2.78. The van der Waals surface area contributed by atoms with Crippen LogP contribution in [0, 0.1) is 0 Å². The van der Waals surface area contributed by atoms with Crippen molar-refractivity contribution in [3.05, 3.63) is 17.0 Å². The van der Waals surface area contributed by atoms with Crippen LogP contribution in [0.2, 0.25) is 0 Å². The third-order valence-electron chi connectivity index (χ3n) is 2.46. The molecule has 1 heterocycles. The summed E-state index contributed by atoms with van der Waals surface area (Å²) in [6, 6.07) is 0. The molecule has 2 nitrogen and oxygen atoms in total. The fraction of sp³-hybridized carbons (Fsp3) is 0.667. The maximum absolute atomic E-state index is 4.32. The number of rotatable bonds is 3. The molecule has 0 aromatic carbocycles. The Bertz CT molecular complexity index is 267. The Labute approximate surface area is 78.2 Å². The highest BCUT2D eigenvalue weighted by Crippen LogP contribution is 2.23. The van der Waals surface area contributed by atoms with Crippen LogP contribution < -0.4 is 0 Å². The van der Waals surface area contributed by atoms with E-state index in [0.717, 1.165) is 18.6 Å². The van der Waals surface area contributed by atoms with Gasteiger partial charge in [-0.05, 0) is 43.4 Å². The maximum Gasteiger partial charge on any atom is 0.0657 e. The van der Waals surface area contributed by atoms with Gasteiger partial charge in [-0.15, -0.1) is 0 Å². The molecule has 0 radical (unpaired) electrons. The second-order valence-electron chi connectivity index (χ2n) is 3.31. The molecule has 0 saturated heterocycles. The summed E-state index contributed by atoms with van der Waals surface area (Å²) in [5, 5.41) is 7.44. The number of nitrogens with one attached hydrogen (secondary N) is 1. The third kappa shape index (κ3) is 1.38. The van der Waals surface area contributed by atoms with Crippen LogP contribution in [-0.2, 0) is 19.3 Å². The molecule has 66 valence electrons. The molecule has 3 heteroatoms. The molecule has 12 heavy (non-hydrogen) atoms. The highest BCUT2D eigenvalue weighted by molar-refractivity contribution is 7.80. The molecule has 1 aromatic heterocycles. The van der Waals surface area contributed by atoms with E-state index in [4.69, 9.17) is 0 Å². The molecule has 1 aliphatic carbocycles. The van der Waals surface area contributed by atoms with Gasteiger partial charge >= 0.3 is 0 Å². The SMILES string of the molecule is SCCCc1n[nH]c2c1CCC2. The number of H-pyrrole nitrogens is 1. The van der Waals surface area contributed by atoms with E-state index >= 15 is 0 Å². The van der Waals surface area contributed by atoms with Gasteiger partial charge in [-0.2, -0.15) is 17.7 Å². The number of aryl methyl sites for hydroxylation is 2. The first kappa shape index (κ1) is 8.17. The lowest BCUT2D eigenvalue weighted by atomic mass is 10.1. The molecule has 1 aromatic rings. The van der Waals surface area contributed by atoms with Crippen molar-refractivity contribution in [1.82, 2.24) is 10.2 Å². The number of aromatic amines is 1. The molecule has 0 saturated carbocycles. The van der Waals surface area contributed by atoms with Crippen molar-refractivity contribution in [2.45, 2.75) is 32.1 Å². The highest BCUT2D eigenvalue weighted by Gasteiger charge is 2.17. The van der Waals surface area contributed by atoms with E-state index in [-0.39, 0.29) is 0 Å². The first-order valence-electron chi connectivity index (χ1n) is 4.57. The highest BCUT2D eigenvalue weighted by atomic mass is 32.1. The second kappa shape index (κ2) is 3.52. The molecule has 2 rings (SSSR count). The molecular formula is C9H14N2S. The van der Waals surface area contributed by atoms with Crippen LogP contribution in [0.15, 0.2) is 0 Å². The molecule has 0 bridgehead atoms. The van der Waals surface area contributed by atoms with Crippen LogP contribution in [0.4, 0.5) is 0 Å². The van der Waals surface area contributed by atoms with Gasteiger partial charge in [0.05, 0.1) is 5.69 Å². The second-order valence-corrected chi connectivity index (χ2v) is 3.76. The normalized spacial score (nSPS) is 15.1. The van der Waals surface area contributed by atoms with Crippen molar-refractivity contribution in [3.8, 4) is 0 Å². The Hall–Kier alpha value is -0.440. The predicted molar refractivity (Wildman–Crippen MR) is 52.8 cm³/mol. The van der Waals surface area contributed by atoms with Gasteiger partial charge in [-0.1, -0.05) is 0 Å². The summed E-state index contributed by atoms with van der Waals surface area (Å²) in [5.41, 5.74) is 4.16. The summed E-state index contributed by atoms with van der Waals surface area (Å²) in [5.74, 6) is 0.960. The van der Waals surface area contributed by atoms with Crippen LogP contribution in [0.3, 0.4) is 0 Å². The van der Waals surface area contributed by atoms with Gasteiger partial charge < -0.3 is 0 Å². The predicted octanol–water partition coefficient (Wildman–Crippen LogP) is 1.76. The van der Waals surface area contributed by atoms with E-state index < -0.39 is 0 Å². The average Bonchev–Trinajstić information content (AvgIpc) is 2.62. The number of hydrogen-bond acceptors (Lipinski definition) is 2. The largest absolute Gasteiger partial charge is 0.282 e. The molecule has 0 spiro atoms. The lowest BCUT2D eigenvalue weighted by molar-refractivity contribution is 0.814. The minimum Gasteiger partial charge on any atom is -0.282 e. The first-order valence-corrected chi connectivity index (χ1v) is 5.21. The van der Waals surface area contributed by atoms with Crippen molar-refractivity contribution < 1.29 is 0 Å². The van der Waals surface area contributed by atoms with E-state index in [9.17, 15) is 0 Å². The molecule has 0 atom stereocenters. The summed E-state index contributed by atoms with van der Waals surface area (Å²) < 4.78 is 0. The number of thiol groups is 1. The Morgan fingerprint density at radius 3 is 3.17 bits per heavy atom. The van der Waals surface area contributed by atoms with Crippen molar-refractivity contribution in [2.24, 2.45) is 0 Å². The Kier molecular flexibility index (Phi) is 2.40.